The first-order valence-corrected chi connectivity index (χ1v) is 12.8. The fourth-order valence-electron chi connectivity index (χ4n) is 4.32. The molecule has 2 atom stereocenters. The van der Waals surface area contributed by atoms with Gasteiger partial charge in [0.2, 0.25) is 10.0 Å². The number of rotatable bonds is 10. The minimum absolute atomic E-state index is 0.0831. The van der Waals surface area contributed by atoms with E-state index in [1.54, 1.807) is 12.1 Å². The molecule has 0 radical (unpaired) electrons. The molecular weight excluding hydrogens is 459 g/mol. The van der Waals surface area contributed by atoms with Gasteiger partial charge in [0.25, 0.3) is 0 Å². The third-order valence-electron chi connectivity index (χ3n) is 5.98. The number of halogens is 1. The molecule has 8 nitrogen and oxygen atoms in total. The Morgan fingerprint density at radius 2 is 1.62 bits per heavy atom. The van der Waals surface area contributed by atoms with Crippen LogP contribution in [0, 0.1) is 17.1 Å². The van der Waals surface area contributed by atoms with Crippen LogP contribution in [0.2, 0.25) is 0 Å². The highest BCUT2D eigenvalue weighted by molar-refractivity contribution is 7.89. The highest BCUT2D eigenvalue weighted by Crippen LogP contribution is 2.19. The van der Waals surface area contributed by atoms with E-state index in [2.05, 4.69) is 14.5 Å². The Morgan fingerprint density at radius 1 is 1.00 bits per heavy atom. The van der Waals surface area contributed by atoms with Crippen LogP contribution in [-0.2, 0) is 26.1 Å². The van der Waals surface area contributed by atoms with Gasteiger partial charge in [-0.15, -0.1) is 0 Å². The zero-order valence-corrected chi connectivity index (χ0v) is 19.7. The number of hydrogen-bond donors (Lipinski definition) is 1. The molecule has 2 unspecified atom stereocenters. The Hall–Kier alpha value is -2.39. The molecule has 182 valence electrons. The van der Waals surface area contributed by atoms with E-state index in [0.29, 0.717) is 31.9 Å². The smallest absolute Gasteiger partial charge is 0.240 e. The number of hydrogen-bond acceptors (Lipinski definition) is 7. The Balaban J connectivity index is 1.16. The summed E-state index contributed by atoms with van der Waals surface area (Å²) >= 11 is 0. The highest BCUT2D eigenvalue weighted by Gasteiger charge is 2.34. The first-order chi connectivity index (χ1) is 16.4. The zero-order valence-electron chi connectivity index (χ0n) is 18.9. The normalized spacial score (nSPS) is 21.3. The number of nitrogens with one attached hydrogen (secondary N) is 1. The van der Waals surface area contributed by atoms with Crippen LogP contribution in [-0.4, -0.2) is 82.8 Å². The van der Waals surface area contributed by atoms with Crippen molar-refractivity contribution in [3.05, 3.63) is 65.5 Å². The Bertz CT molecular complexity index is 1080. The second kappa shape index (κ2) is 11.4. The van der Waals surface area contributed by atoms with E-state index in [1.165, 1.54) is 36.4 Å². The van der Waals surface area contributed by atoms with Crippen molar-refractivity contribution in [2.45, 2.75) is 23.7 Å². The Kier molecular flexibility index (Phi) is 8.26. The Labute approximate surface area is 199 Å². The monoisotopic (exact) mass is 488 g/mol. The van der Waals surface area contributed by atoms with E-state index in [4.69, 9.17) is 14.7 Å². The van der Waals surface area contributed by atoms with Gasteiger partial charge in [0.1, 0.15) is 5.82 Å². The molecule has 34 heavy (non-hydrogen) atoms. The molecule has 0 saturated carbocycles. The number of ether oxygens (including phenoxy) is 2. The van der Waals surface area contributed by atoms with Gasteiger partial charge >= 0.3 is 0 Å². The number of benzene rings is 2. The molecule has 0 amide bonds. The fourth-order valence-corrected chi connectivity index (χ4v) is 5.34. The topological polar surface area (TPSA) is 94.9 Å². The third-order valence-corrected chi connectivity index (χ3v) is 7.46. The molecule has 2 heterocycles. The van der Waals surface area contributed by atoms with Gasteiger partial charge < -0.3 is 9.47 Å². The van der Waals surface area contributed by atoms with Crippen molar-refractivity contribution in [2.24, 2.45) is 0 Å². The second-order valence-electron chi connectivity index (χ2n) is 8.61. The van der Waals surface area contributed by atoms with E-state index < -0.39 is 10.0 Å². The van der Waals surface area contributed by atoms with Crippen LogP contribution in [0.3, 0.4) is 0 Å². The lowest BCUT2D eigenvalue weighted by Gasteiger charge is -2.45. The largest absolute Gasteiger partial charge is 0.375 e. The first kappa shape index (κ1) is 24.7. The molecule has 10 heteroatoms. The van der Waals surface area contributed by atoms with Crippen molar-refractivity contribution >= 4 is 10.0 Å². The predicted molar refractivity (Wildman–Crippen MR) is 124 cm³/mol. The van der Waals surface area contributed by atoms with Crippen LogP contribution < -0.4 is 4.72 Å². The van der Waals surface area contributed by atoms with Crippen molar-refractivity contribution in [3.63, 3.8) is 0 Å². The lowest BCUT2D eigenvalue weighted by molar-refractivity contribution is -0.140. The molecular formula is C24H29FN4O4S. The van der Waals surface area contributed by atoms with Crippen molar-refractivity contribution in [3.8, 4) is 6.07 Å². The number of fused-ring (bicyclic) bond motifs is 2. The molecule has 4 rings (SSSR count). The molecule has 2 aliphatic rings. The van der Waals surface area contributed by atoms with E-state index in [0.717, 1.165) is 38.3 Å². The van der Waals surface area contributed by atoms with Crippen LogP contribution in [0.4, 0.5) is 4.39 Å². The third kappa shape index (κ3) is 6.82. The van der Waals surface area contributed by atoms with Gasteiger partial charge in [0, 0.05) is 45.8 Å². The van der Waals surface area contributed by atoms with E-state index >= 15 is 0 Å². The van der Waals surface area contributed by atoms with Gasteiger partial charge in [0.05, 0.1) is 41.9 Å². The van der Waals surface area contributed by atoms with Crippen molar-refractivity contribution in [1.29, 1.82) is 5.26 Å². The zero-order chi connectivity index (χ0) is 24.0. The summed E-state index contributed by atoms with van der Waals surface area (Å²) in [4.78, 5) is 4.74. The second-order valence-corrected chi connectivity index (χ2v) is 10.4. The SMILES string of the molecule is N#Cc1ccc(S(=O)(=O)NCCN2CC3CN(CCOCc4ccc(F)cc4)CC(C2)O3)cc1. The average Bonchev–Trinajstić information content (AvgIpc) is 2.82. The van der Waals surface area contributed by atoms with Crippen molar-refractivity contribution in [2.75, 3.05) is 52.4 Å². The molecule has 2 aliphatic heterocycles. The van der Waals surface area contributed by atoms with E-state index in [-0.39, 0.29) is 22.9 Å². The maximum absolute atomic E-state index is 13.0. The summed E-state index contributed by atoms with van der Waals surface area (Å²) in [6, 6.07) is 14.2. The molecule has 0 aromatic heterocycles. The minimum atomic E-state index is -3.61. The van der Waals surface area contributed by atoms with Gasteiger partial charge in [0.15, 0.2) is 0 Å². The van der Waals surface area contributed by atoms with Gasteiger partial charge in [-0.1, -0.05) is 12.1 Å². The van der Waals surface area contributed by atoms with Crippen LogP contribution in [0.1, 0.15) is 11.1 Å². The van der Waals surface area contributed by atoms with E-state index in [9.17, 15) is 12.8 Å². The molecule has 0 aliphatic carbocycles. The van der Waals surface area contributed by atoms with Gasteiger partial charge in [-0.05, 0) is 42.0 Å². The minimum Gasteiger partial charge on any atom is -0.375 e. The van der Waals surface area contributed by atoms with E-state index in [1.807, 2.05) is 6.07 Å². The molecule has 2 aromatic rings. The van der Waals surface area contributed by atoms with Gasteiger partial charge in [-0.3, -0.25) is 9.80 Å². The maximum Gasteiger partial charge on any atom is 0.240 e. The van der Waals surface area contributed by atoms with Crippen LogP contribution in [0.5, 0.6) is 0 Å². The molecule has 2 saturated heterocycles. The standard InChI is InChI=1S/C24H29FN4O4S/c25-21-5-1-20(2-6-21)18-32-12-11-29-16-22-14-28(15-23(17-29)33-22)10-9-27-34(30,31)24-7-3-19(13-26)4-8-24/h1-8,22-23,27H,9-12,14-18H2. The number of nitriles is 1. The first-order valence-electron chi connectivity index (χ1n) is 11.3. The lowest BCUT2D eigenvalue weighted by Crippen LogP contribution is -2.60. The fraction of sp³-hybridized carbons (Fsp3) is 0.458. The summed E-state index contributed by atoms with van der Waals surface area (Å²) < 4.78 is 52.4. The summed E-state index contributed by atoms with van der Waals surface area (Å²) in [5.41, 5.74) is 1.37. The Morgan fingerprint density at radius 3 is 2.24 bits per heavy atom. The maximum atomic E-state index is 13.0. The number of morpholine rings is 2. The summed E-state index contributed by atoms with van der Waals surface area (Å²) in [6.45, 7) is 5.90. The number of nitrogens with zero attached hydrogens (tertiary/aromatic N) is 3. The van der Waals surface area contributed by atoms with Crippen LogP contribution >= 0.6 is 0 Å². The summed E-state index contributed by atoms with van der Waals surface area (Å²) in [7, 11) is -3.61. The quantitative estimate of drug-likeness (QED) is 0.508. The van der Waals surface area contributed by atoms with Crippen molar-refractivity contribution in [1.82, 2.24) is 14.5 Å². The summed E-state index contributed by atoms with van der Waals surface area (Å²) in [5.74, 6) is -0.249. The molecule has 2 fully saturated rings. The summed E-state index contributed by atoms with van der Waals surface area (Å²) in [6.07, 6.45) is 0.166. The molecule has 2 bridgehead atoms. The number of sulfonamides is 1. The average molecular weight is 489 g/mol. The highest BCUT2D eigenvalue weighted by atomic mass is 32.2. The lowest BCUT2D eigenvalue weighted by atomic mass is 10.1. The van der Waals surface area contributed by atoms with Crippen molar-refractivity contribution < 1.29 is 22.3 Å². The molecule has 2 aromatic carbocycles. The molecule has 1 N–H and O–H groups in total. The van der Waals surface area contributed by atoms with Crippen LogP contribution in [0.15, 0.2) is 53.4 Å². The molecule has 0 spiro atoms. The predicted octanol–water partition coefficient (Wildman–Crippen LogP) is 1.58. The van der Waals surface area contributed by atoms with Crippen LogP contribution in [0.25, 0.3) is 0 Å². The van der Waals surface area contributed by atoms with Gasteiger partial charge in [-0.25, -0.2) is 17.5 Å². The van der Waals surface area contributed by atoms with Gasteiger partial charge in [-0.2, -0.15) is 5.26 Å². The summed E-state index contributed by atoms with van der Waals surface area (Å²) in [5, 5.41) is 8.86.